The first-order valence-electron chi connectivity index (χ1n) is 4.12. The minimum atomic E-state index is -2.81. The smallest absolute Gasteiger partial charge is 0.150 e. The van der Waals surface area contributed by atoms with Crippen LogP contribution in [-0.4, -0.2) is 30.1 Å². The number of nitrogens with zero attached hydrogens (tertiary/aromatic N) is 1. The van der Waals surface area contributed by atoms with Crippen LogP contribution in [0.15, 0.2) is 5.16 Å². The summed E-state index contributed by atoms with van der Waals surface area (Å²) in [5.41, 5.74) is -0.329. The molecule has 2 aliphatic rings. The molecule has 0 aromatic rings. The van der Waals surface area contributed by atoms with Gasteiger partial charge in [0.05, 0.1) is 11.5 Å². The minimum Gasteiger partial charge on any atom is -0.388 e. The molecule has 0 bridgehead atoms. The first-order valence-corrected chi connectivity index (χ1v) is 6.74. The predicted octanol–water partition coefficient (Wildman–Crippen LogP) is 1.06. The second kappa shape index (κ2) is 2.95. The molecule has 0 aliphatic carbocycles. The molecule has 4 nitrogen and oxygen atoms in total. The van der Waals surface area contributed by atoms with E-state index in [0.717, 1.165) is 4.62 Å². The molecule has 2 aliphatic heterocycles. The van der Waals surface area contributed by atoms with Gasteiger partial charge >= 0.3 is 0 Å². The van der Waals surface area contributed by atoms with Gasteiger partial charge in [-0.3, -0.25) is 0 Å². The molecule has 2 rings (SSSR count). The van der Waals surface area contributed by atoms with E-state index in [1.165, 1.54) is 0 Å². The second-order valence-corrected chi connectivity index (χ2v) is 6.79. The van der Waals surface area contributed by atoms with Gasteiger partial charge in [0.1, 0.15) is 10.2 Å². The fourth-order valence-corrected chi connectivity index (χ4v) is 3.81. The van der Waals surface area contributed by atoms with Gasteiger partial charge in [-0.25, -0.2) is 8.42 Å². The van der Waals surface area contributed by atoms with Crippen LogP contribution in [-0.2, 0) is 14.7 Å². The van der Waals surface area contributed by atoms with Gasteiger partial charge in [-0.05, 0) is 15.9 Å². The van der Waals surface area contributed by atoms with Crippen LogP contribution in [0.3, 0.4) is 0 Å². The molecule has 1 fully saturated rings. The second-order valence-electron chi connectivity index (χ2n) is 3.57. The fourth-order valence-electron chi connectivity index (χ4n) is 1.65. The Bertz CT molecular complexity index is 335. The number of rotatable bonds is 0. The molecule has 6 heteroatoms. The average molecular weight is 268 g/mol. The molecule has 0 unspecified atom stereocenters. The van der Waals surface area contributed by atoms with E-state index in [-0.39, 0.29) is 17.1 Å². The molecule has 0 saturated carbocycles. The highest BCUT2D eigenvalue weighted by Crippen LogP contribution is 2.36. The lowest BCUT2D eigenvalue weighted by atomic mass is 9.94. The summed E-state index contributed by atoms with van der Waals surface area (Å²) in [4.78, 5) is 5.26. The van der Waals surface area contributed by atoms with E-state index in [4.69, 9.17) is 4.84 Å². The van der Waals surface area contributed by atoms with E-state index in [0.29, 0.717) is 19.3 Å². The summed E-state index contributed by atoms with van der Waals surface area (Å²) in [6.45, 7) is 0. The number of oxime groups is 1. The zero-order valence-electron chi connectivity index (χ0n) is 6.99. The van der Waals surface area contributed by atoms with Crippen LogP contribution in [0, 0.1) is 0 Å². The third-order valence-electron chi connectivity index (χ3n) is 2.54. The lowest BCUT2D eigenvalue weighted by molar-refractivity contribution is -0.0256. The maximum atomic E-state index is 11.2. The Hall–Kier alpha value is -0.100. The Balaban J connectivity index is 2.07. The van der Waals surface area contributed by atoms with Crippen LogP contribution < -0.4 is 0 Å². The zero-order valence-corrected chi connectivity index (χ0v) is 9.40. The van der Waals surface area contributed by atoms with Crippen molar-refractivity contribution >= 4 is 30.4 Å². The number of hydrogen-bond acceptors (Lipinski definition) is 4. The van der Waals surface area contributed by atoms with Crippen molar-refractivity contribution < 1.29 is 13.3 Å². The molecule has 13 heavy (non-hydrogen) atoms. The van der Waals surface area contributed by atoms with Crippen LogP contribution in [0.2, 0.25) is 0 Å². The molecule has 0 radical (unpaired) electrons. The van der Waals surface area contributed by atoms with E-state index in [1.807, 2.05) is 0 Å². The molecule has 1 spiro atoms. The Morgan fingerprint density at radius 1 is 1.38 bits per heavy atom. The van der Waals surface area contributed by atoms with E-state index >= 15 is 0 Å². The van der Waals surface area contributed by atoms with Gasteiger partial charge in [0.25, 0.3) is 0 Å². The summed E-state index contributed by atoms with van der Waals surface area (Å²) in [5.74, 6) is 0.450. The highest BCUT2D eigenvalue weighted by atomic mass is 79.9. The highest BCUT2D eigenvalue weighted by Gasteiger charge is 2.43. The third kappa shape index (κ3) is 1.88. The van der Waals surface area contributed by atoms with E-state index in [2.05, 4.69) is 21.1 Å². The van der Waals surface area contributed by atoms with Crippen LogP contribution in [0.5, 0.6) is 0 Å². The van der Waals surface area contributed by atoms with Crippen molar-refractivity contribution in [3.63, 3.8) is 0 Å². The van der Waals surface area contributed by atoms with Gasteiger partial charge in [0, 0.05) is 19.3 Å². The van der Waals surface area contributed by atoms with Crippen LogP contribution in [0.4, 0.5) is 0 Å². The van der Waals surface area contributed by atoms with Gasteiger partial charge in [-0.15, -0.1) is 0 Å². The maximum absolute atomic E-state index is 11.2. The SMILES string of the molecule is O=S1(=O)CCC2(CC1)CC(Br)=NO2. The van der Waals surface area contributed by atoms with Gasteiger partial charge < -0.3 is 4.84 Å². The Morgan fingerprint density at radius 2 is 2.00 bits per heavy atom. The Kier molecular flexibility index (Phi) is 2.14. The quantitative estimate of drug-likeness (QED) is 0.660. The van der Waals surface area contributed by atoms with Gasteiger partial charge in [-0.1, -0.05) is 5.16 Å². The summed E-state index contributed by atoms with van der Waals surface area (Å²) >= 11 is 3.25. The molecular formula is C7H10BrNO3S. The number of halogens is 1. The van der Waals surface area contributed by atoms with Crippen LogP contribution in [0.1, 0.15) is 19.3 Å². The van der Waals surface area contributed by atoms with Gasteiger partial charge in [0.2, 0.25) is 0 Å². The molecule has 0 aromatic carbocycles. The average Bonchev–Trinajstić information content (AvgIpc) is 2.41. The van der Waals surface area contributed by atoms with Crippen molar-refractivity contribution in [3.8, 4) is 0 Å². The fraction of sp³-hybridized carbons (Fsp3) is 0.857. The van der Waals surface area contributed by atoms with Crippen LogP contribution in [0.25, 0.3) is 0 Å². The standard InChI is InChI=1S/C7H10BrNO3S/c8-6-5-7(12-9-6)1-3-13(10,11)4-2-7/h1-5H2. The normalized spacial score (nSPS) is 29.8. The monoisotopic (exact) mass is 267 g/mol. The van der Waals surface area contributed by atoms with Crippen molar-refractivity contribution in [1.82, 2.24) is 0 Å². The summed E-state index contributed by atoms with van der Waals surface area (Å²) in [5, 5.41) is 3.80. The Morgan fingerprint density at radius 3 is 2.46 bits per heavy atom. The van der Waals surface area contributed by atoms with Gasteiger partial charge in [-0.2, -0.15) is 0 Å². The first-order chi connectivity index (χ1) is 6.02. The van der Waals surface area contributed by atoms with Gasteiger partial charge in [0.15, 0.2) is 9.84 Å². The van der Waals surface area contributed by atoms with Crippen LogP contribution >= 0.6 is 15.9 Å². The maximum Gasteiger partial charge on any atom is 0.150 e. The molecule has 0 amide bonds. The lowest BCUT2D eigenvalue weighted by Crippen LogP contribution is -2.39. The topological polar surface area (TPSA) is 55.7 Å². The van der Waals surface area contributed by atoms with Crippen molar-refractivity contribution in [2.24, 2.45) is 5.16 Å². The zero-order chi connectivity index (χ0) is 9.53. The predicted molar refractivity (Wildman–Crippen MR) is 52.7 cm³/mol. The molecule has 1 saturated heterocycles. The summed E-state index contributed by atoms with van der Waals surface area (Å²) in [6.07, 6.45) is 1.84. The summed E-state index contributed by atoms with van der Waals surface area (Å²) < 4.78 is 23.1. The van der Waals surface area contributed by atoms with Crippen molar-refractivity contribution in [3.05, 3.63) is 0 Å². The van der Waals surface area contributed by atoms with E-state index < -0.39 is 9.84 Å². The third-order valence-corrected chi connectivity index (χ3v) is 4.62. The first kappa shape index (κ1) is 9.45. The largest absolute Gasteiger partial charge is 0.388 e. The molecule has 0 N–H and O–H groups in total. The lowest BCUT2D eigenvalue weighted by Gasteiger charge is -2.29. The van der Waals surface area contributed by atoms with E-state index in [1.54, 1.807) is 0 Å². The highest BCUT2D eigenvalue weighted by molar-refractivity contribution is 9.18. The Labute approximate surface area is 85.4 Å². The molecule has 0 aromatic heterocycles. The van der Waals surface area contributed by atoms with Crippen molar-refractivity contribution in [2.45, 2.75) is 24.9 Å². The number of sulfone groups is 1. The molecule has 2 heterocycles. The van der Waals surface area contributed by atoms with E-state index in [9.17, 15) is 8.42 Å². The van der Waals surface area contributed by atoms with Crippen molar-refractivity contribution in [1.29, 1.82) is 0 Å². The summed E-state index contributed by atoms with van der Waals surface area (Å²) in [6, 6.07) is 0. The minimum absolute atomic E-state index is 0.225. The van der Waals surface area contributed by atoms with Crippen molar-refractivity contribution in [2.75, 3.05) is 11.5 Å². The molecule has 74 valence electrons. The molecular weight excluding hydrogens is 258 g/mol. The molecule has 0 atom stereocenters. The number of hydrogen-bond donors (Lipinski definition) is 0. The summed E-state index contributed by atoms with van der Waals surface area (Å²) in [7, 11) is -2.81.